The van der Waals surface area contributed by atoms with E-state index >= 15 is 0 Å². The maximum Gasteiger partial charge on any atom is 0.222 e. The highest BCUT2D eigenvalue weighted by molar-refractivity contribution is 5.85. The monoisotopic (exact) mass is 515 g/mol. The standard InChI is InChI=1S/C26H45N5O.2ClH/c1-2-25(32)31(19-12-7-5-3-4-6-11-18-29-26(27)28)24-16-21-30(22-17-24)20-15-23-13-9-8-10-14-23;;/h8-10,13-14,24H,2-7,11-12,15-22H2,1H3,(H4,27,28,29);2*1H. The van der Waals surface area contributed by atoms with Crippen molar-refractivity contribution >= 4 is 36.7 Å². The van der Waals surface area contributed by atoms with Crippen molar-refractivity contribution in [2.75, 3.05) is 32.7 Å². The largest absolute Gasteiger partial charge is 0.370 e. The molecule has 1 aromatic rings. The molecular formula is C26H47Cl2N5O. The lowest BCUT2D eigenvalue weighted by atomic mass is 10.0. The molecule has 1 amide bonds. The third kappa shape index (κ3) is 13.4. The molecule has 1 aliphatic rings. The molecular weight excluding hydrogens is 469 g/mol. The Morgan fingerprint density at radius 2 is 1.56 bits per heavy atom. The molecule has 4 N–H and O–H groups in total. The number of aliphatic imine (C=N–C) groups is 1. The highest BCUT2D eigenvalue weighted by Gasteiger charge is 2.26. The molecule has 8 heteroatoms. The molecule has 196 valence electrons. The van der Waals surface area contributed by atoms with Crippen LogP contribution < -0.4 is 11.5 Å². The number of unbranched alkanes of at least 4 members (excludes halogenated alkanes) is 6. The summed E-state index contributed by atoms with van der Waals surface area (Å²) in [5.74, 6) is 0.515. The Labute approximate surface area is 219 Å². The first-order valence-electron chi connectivity index (χ1n) is 12.7. The van der Waals surface area contributed by atoms with Crippen LogP contribution in [0.4, 0.5) is 0 Å². The number of carbonyl (C=O) groups is 1. The Hall–Kier alpha value is -1.50. The number of halogens is 2. The second-order valence-electron chi connectivity index (χ2n) is 9.03. The van der Waals surface area contributed by atoms with Gasteiger partial charge in [-0.25, -0.2) is 0 Å². The normalized spacial score (nSPS) is 14.0. The van der Waals surface area contributed by atoms with Gasteiger partial charge in [-0.2, -0.15) is 0 Å². The summed E-state index contributed by atoms with van der Waals surface area (Å²) in [6.45, 7) is 6.97. The molecule has 2 rings (SSSR count). The second-order valence-corrected chi connectivity index (χ2v) is 9.03. The number of amides is 1. The average Bonchev–Trinajstić information content (AvgIpc) is 2.82. The summed E-state index contributed by atoms with van der Waals surface area (Å²) in [5, 5.41) is 0. The van der Waals surface area contributed by atoms with Gasteiger partial charge in [0, 0.05) is 45.2 Å². The fourth-order valence-electron chi connectivity index (χ4n) is 4.59. The van der Waals surface area contributed by atoms with Gasteiger partial charge < -0.3 is 21.3 Å². The topological polar surface area (TPSA) is 87.9 Å². The summed E-state index contributed by atoms with van der Waals surface area (Å²) in [6.07, 6.45) is 12.2. The second kappa shape index (κ2) is 19.8. The van der Waals surface area contributed by atoms with Crippen LogP contribution in [0.2, 0.25) is 0 Å². The van der Waals surface area contributed by atoms with Gasteiger partial charge >= 0.3 is 0 Å². The van der Waals surface area contributed by atoms with Gasteiger partial charge in [-0.3, -0.25) is 9.79 Å². The van der Waals surface area contributed by atoms with Crippen LogP contribution in [0.5, 0.6) is 0 Å². The summed E-state index contributed by atoms with van der Waals surface area (Å²) in [4.78, 5) is 21.4. The third-order valence-electron chi connectivity index (χ3n) is 6.53. The van der Waals surface area contributed by atoms with Gasteiger partial charge in [0.2, 0.25) is 5.91 Å². The van der Waals surface area contributed by atoms with Gasteiger partial charge in [0.15, 0.2) is 5.96 Å². The first-order valence-corrected chi connectivity index (χ1v) is 12.7. The molecule has 1 saturated heterocycles. The maximum absolute atomic E-state index is 12.6. The molecule has 0 saturated carbocycles. The SMILES string of the molecule is CCC(=O)N(CCCCCCCCCN=C(N)N)C1CCN(CCc2ccccc2)CC1.Cl.Cl. The zero-order valence-electron chi connectivity index (χ0n) is 21.0. The number of likely N-dealkylation sites (tertiary alicyclic amines) is 1. The number of guanidine groups is 1. The van der Waals surface area contributed by atoms with E-state index in [0.717, 1.165) is 64.8 Å². The van der Waals surface area contributed by atoms with E-state index in [1.165, 1.54) is 37.7 Å². The van der Waals surface area contributed by atoms with E-state index in [0.29, 0.717) is 18.4 Å². The van der Waals surface area contributed by atoms with Crippen LogP contribution in [0.1, 0.15) is 76.7 Å². The van der Waals surface area contributed by atoms with Crippen molar-refractivity contribution in [3.05, 3.63) is 35.9 Å². The molecule has 0 atom stereocenters. The Bertz CT molecular complexity index is 662. The van der Waals surface area contributed by atoms with Crippen LogP contribution in [0.25, 0.3) is 0 Å². The fraction of sp³-hybridized carbons (Fsp3) is 0.692. The smallest absolute Gasteiger partial charge is 0.222 e. The summed E-state index contributed by atoms with van der Waals surface area (Å²) in [5.41, 5.74) is 12.1. The van der Waals surface area contributed by atoms with Crippen molar-refractivity contribution in [2.24, 2.45) is 16.5 Å². The van der Waals surface area contributed by atoms with Crippen molar-refractivity contribution in [2.45, 2.75) is 83.6 Å². The van der Waals surface area contributed by atoms with Gasteiger partial charge in [0.1, 0.15) is 0 Å². The van der Waals surface area contributed by atoms with Gasteiger partial charge in [0.25, 0.3) is 0 Å². The number of nitrogens with two attached hydrogens (primary N) is 2. The van der Waals surface area contributed by atoms with Crippen LogP contribution in [0, 0.1) is 0 Å². The van der Waals surface area contributed by atoms with Crippen LogP contribution in [0.15, 0.2) is 35.3 Å². The lowest BCUT2D eigenvalue weighted by Gasteiger charge is -2.38. The molecule has 6 nitrogen and oxygen atoms in total. The predicted octanol–water partition coefficient (Wildman–Crippen LogP) is 4.78. The highest BCUT2D eigenvalue weighted by Crippen LogP contribution is 2.19. The van der Waals surface area contributed by atoms with Crippen LogP contribution in [-0.4, -0.2) is 60.4 Å². The number of benzene rings is 1. The minimum atomic E-state index is 0. The van der Waals surface area contributed by atoms with E-state index in [4.69, 9.17) is 11.5 Å². The summed E-state index contributed by atoms with van der Waals surface area (Å²) in [6, 6.07) is 11.1. The fourth-order valence-corrected chi connectivity index (χ4v) is 4.59. The number of hydrogen-bond donors (Lipinski definition) is 2. The molecule has 34 heavy (non-hydrogen) atoms. The highest BCUT2D eigenvalue weighted by atomic mass is 35.5. The van der Waals surface area contributed by atoms with E-state index in [2.05, 4.69) is 45.1 Å². The number of nitrogens with zero attached hydrogens (tertiary/aromatic N) is 3. The molecule has 1 aliphatic heterocycles. The Morgan fingerprint density at radius 3 is 2.15 bits per heavy atom. The zero-order valence-corrected chi connectivity index (χ0v) is 22.6. The van der Waals surface area contributed by atoms with E-state index in [1.54, 1.807) is 0 Å². The Balaban J connectivity index is 0.00000544. The molecule has 0 spiro atoms. The van der Waals surface area contributed by atoms with Crippen LogP contribution in [-0.2, 0) is 11.2 Å². The lowest BCUT2D eigenvalue weighted by Crippen LogP contribution is -2.48. The van der Waals surface area contributed by atoms with Crippen molar-refractivity contribution in [1.29, 1.82) is 0 Å². The average molecular weight is 517 g/mol. The van der Waals surface area contributed by atoms with Crippen LogP contribution in [0.3, 0.4) is 0 Å². The molecule has 0 bridgehead atoms. The number of carbonyl (C=O) groups excluding carboxylic acids is 1. The summed E-state index contributed by atoms with van der Waals surface area (Å²) < 4.78 is 0. The summed E-state index contributed by atoms with van der Waals surface area (Å²) in [7, 11) is 0. The van der Waals surface area contributed by atoms with Crippen molar-refractivity contribution < 1.29 is 4.79 Å². The molecule has 0 radical (unpaired) electrons. The molecule has 1 aromatic carbocycles. The first-order chi connectivity index (χ1) is 15.6. The molecule has 1 heterocycles. The van der Waals surface area contributed by atoms with Crippen molar-refractivity contribution in [3.63, 3.8) is 0 Å². The van der Waals surface area contributed by atoms with Gasteiger partial charge in [-0.15, -0.1) is 24.8 Å². The molecule has 0 aromatic heterocycles. The minimum Gasteiger partial charge on any atom is -0.370 e. The van der Waals surface area contributed by atoms with E-state index < -0.39 is 0 Å². The zero-order chi connectivity index (χ0) is 23.0. The maximum atomic E-state index is 12.6. The molecule has 1 fully saturated rings. The Morgan fingerprint density at radius 1 is 0.971 bits per heavy atom. The van der Waals surface area contributed by atoms with E-state index in [1.807, 2.05) is 6.92 Å². The molecule has 0 unspecified atom stereocenters. The van der Waals surface area contributed by atoms with Crippen LogP contribution >= 0.6 is 24.8 Å². The lowest BCUT2D eigenvalue weighted by molar-refractivity contribution is -0.134. The first kappa shape index (κ1) is 32.5. The van der Waals surface area contributed by atoms with Gasteiger partial charge in [-0.1, -0.05) is 69.4 Å². The minimum absolute atomic E-state index is 0. The summed E-state index contributed by atoms with van der Waals surface area (Å²) >= 11 is 0. The third-order valence-corrected chi connectivity index (χ3v) is 6.53. The predicted molar refractivity (Wildman–Crippen MR) is 149 cm³/mol. The van der Waals surface area contributed by atoms with E-state index in [-0.39, 0.29) is 30.8 Å². The quantitative estimate of drug-likeness (QED) is 0.200. The van der Waals surface area contributed by atoms with Gasteiger partial charge in [0.05, 0.1) is 0 Å². The van der Waals surface area contributed by atoms with Gasteiger partial charge in [-0.05, 0) is 37.7 Å². The van der Waals surface area contributed by atoms with E-state index in [9.17, 15) is 4.79 Å². The number of rotatable bonds is 15. The molecule has 0 aliphatic carbocycles. The number of piperidine rings is 1. The van der Waals surface area contributed by atoms with Crippen molar-refractivity contribution in [3.8, 4) is 0 Å². The Kier molecular flexibility index (Phi) is 18.9. The number of hydrogen-bond acceptors (Lipinski definition) is 3. The van der Waals surface area contributed by atoms with Crippen molar-refractivity contribution in [1.82, 2.24) is 9.80 Å².